The van der Waals surface area contributed by atoms with Crippen molar-refractivity contribution in [1.29, 1.82) is 0 Å². The molecule has 1 aromatic carbocycles. The molecule has 14 heavy (non-hydrogen) atoms. The molecule has 0 aromatic heterocycles. The number of Topliss-reactive ketones (excluding diaryl/α,β-unsaturated/α-hetero) is 1. The number of anilines is 1. The number of hydrogen-bond donors (Lipinski definition) is 1. The number of benzene rings is 1. The van der Waals surface area contributed by atoms with Gasteiger partial charge in [-0.1, -0.05) is 0 Å². The van der Waals surface area contributed by atoms with Gasteiger partial charge in [0.05, 0.1) is 18.4 Å². The van der Waals surface area contributed by atoms with Gasteiger partial charge in [0.15, 0.2) is 0 Å². The Hall–Kier alpha value is -1.84. The van der Waals surface area contributed by atoms with Crippen LogP contribution in [0.5, 0.6) is 5.75 Å². The van der Waals surface area contributed by atoms with Gasteiger partial charge in [-0.3, -0.25) is 9.59 Å². The lowest BCUT2D eigenvalue weighted by Crippen LogP contribution is -2.12. The highest BCUT2D eigenvalue weighted by atomic mass is 16.5. The zero-order chi connectivity index (χ0) is 10.3. The van der Waals surface area contributed by atoms with Crippen LogP contribution >= 0.6 is 0 Å². The maximum atomic E-state index is 11.3. The van der Waals surface area contributed by atoms with E-state index in [0.29, 0.717) is 17.0 Å². The van der Waals surface area contributed by atoms with Gasteiger partial charge in [0.1, 0.15) is 5.75 Å². The molecule has 0 saturated heterocycles. The van der Waals surface area contributed by atoms with Crippen molar-refractivity contribution in [3.8, 4) is 5.75 Å². The summed E-state index contributed by atoms with van der Waals surface area (Å²) < 4.78 is 5.06. The summed E-state index contributed by atoms with van der Waals surface area (Å²) in [5.74, 6) is -0.459. The third-order valence-corrected chi connectivity index (χ3v) is 2.23. The highest BCUT2D eigenvalue weighted by Crippen LogP contribution is 2.30. The highest BCUT2D eigenvalue weighted by Gasteiger charge is 2.28. The fourth-order valence-electron chi connectivity index (χ4n) is 1.50. The average molecular weight is 191 g/mol. The summed E-state index contributed by atoms with van der Waals surface area (Å²) in [5, 5.41) is 2.50. The third kappa shape index (κ3) is 1.08. The van der Waals surface area contributed by atoms with Gasteiger partial charge >= 0.3 is 0 Å². The van der Waals surface area contributed by atoms with Crippen molar-refractivity contribution in [1.82, 2.24) is 0 Å². The molecule has 1 heterocycles. The zero-order valence-electron chi connectivity index (χ0n) is 7.88. The maximum Gasteiger partial charge on any atom is 0.296 e. The molecule has 2 rings (SSSR count). The number of ether oxygens (including phenoxy) is 1. The Morgan fingerprint density at radius 2 is 2.00 bits per heavy atom. The van der Waals surface area contributed by atoms with Crippen LogP contribution in [0.2, 0.25) is 0 Å². The van der Waals surface area contributed by atoms with Gasteiger partial charge in [-0.05, 0) is 24.6 Å². The molecule has 0 fully saturated rings. The Morgan fingerprint density at radius 3 is 2.64 bits per heavy atom. The van der Waals surface area contributed by atoms with Crippen LogP contribution in [-0.4, -0.2) is 18.8 Å². The molecule has 1 amide bonds. The minimum atomic E-state index is -0.576. The monoisotopic (exact) mass is 191 g/mol. The first kappa shape index (κ1) is 8.74. The number of carbonyl (C=O) groups excluding carboxylic acids is 2. The largest absolute Gasteiger partial charge is 0.496 e. The Morgan fingerprint density at radius 1 is 1.29 bits per heavy atom. The minimum absolute atomic E-state index is 0.387. The molecular weight excluding hydrogens is 182 g/mol. The van der Waals surface area contributed by atoms with Gasteiger partial charge in [0, 0.05) is 0 Å². The fraction of sp³-hybridized carbons (Fsp3) is 0.200. The predicted molar refractivity (Wildman–Crippen MR) is 50.7 cm³/mol. The normalized spacial score (nSPS) is 13.9. The summed E-state index contributed by atoms with van der Waals surface area (Å²) in [6, 6.07) is 3.32. The first-order chi connectivity index (χ1) is 6.63. The quantitative estimate of drug-likeness (QED) is 0.677. The molecule has 0 bridgehead atoms. The fourth-order valence-corrected chi connectivity index (χ4v) is 1.50. The average Bonchev–Trinajstić information content (AvgIpc) is 2.41. The lowest BCUT2D eigenvalue weighted by Gasteiger charge is -2.05. The van der Waals surface area contributed by atoms with Gasteiger partial charge in [-0.15, -0.1) is 0 Å². The zero-order valence-corrected chi connectivity index (χ0v) is 7.88. The first-order valence-corrected chi connectivity index (χ1v) is 4.18. The number of hydrogen-bond acceptors (Lipinski definition) is 3. The van der Waals surface area contributed by atoms with E-state index in [0.717, 1.165) is 5.56 Å². The van der Waals surface area contributed by atoms with Crippen molar-refractivity contribution in [3.63, 3.8) is 0 Å². The molecule has 1 aromatic rings. The molecule has 1 aliphatic heterocycles. The van der Waals surface area contributed by atoms with E-state index in [1.807, 2.05) is 6.92 Å². The van der Waals surface area contributed by atoms with E-state index >= 15 is 0 Å². The SMILES string of the molecule is COc1cc2c(cc1C)NC(=O)C2=O. The molecule has 0 atom stereocenters. The molecule has 1 N–H and O–H groups in total. The molecule has 0 saturated carbocycles. The van der Waals surface area contributed by atoms with Crippen LogP contribution in [0.1, 0.15) is 15.9 Å². The van der Waals surface area contributed by atoms with E-state index in [-0.39, 0.29) is 0 Å². The molecule has 1 aliphatic rings. The Labute approximate surface area is 80.9 Å². The van der Waals surface area contributed by atoms with Gasteiger partial charge < -0.3 is 10.1 Å². The van der Waals surface area contributed by atoms with Crippen LogP contribution in [-0.2, 0) is 4.79 Å². The predicted octanol–water partition coefficient (Wildman–Crippen LogP) is 1.14. The van der Waals surface area contributed by atoms with E-state index in [1.54, 1.807) is 12.1 Å². The van der Waals surface area contributed by atoms with Crippen molar-refractivity contribution < 1.29 is 14.3 Å². The van der Waals surface area contributed by atoms with Gasteiger partial charge in [0.2, 0.25) is 0 Å². The Bertz CT molecular complexity index is 437. The summed E-state index contributed by atoms with van der Waals surface area (Å²) in [7, 11) is 1.53. The lowest BCUT2D eigenvalue weighted by atomic mass is 10.1. The Balaban J connectivity index is 2.60. The highest BCUT2D eigenvalue weighted by molar-refractivity contribution is 6.51. The number of amides is 1. The van der Waals surface area contributed by atoms with Crippen molar-refractivity contribution in [2.24, 2.45) is 0 Å². The van der Waals surface area contributed by atoms with Crippen molar-refractivity contribution in [2.45, 2.75) is 6.92 Å². The maximum absolute atomic E-state index is 11.3. The summed E-state index contributed by atoms with van der Waals surface area (Å²) in [6.07, 6.45) is 0. The van der Waals surface area contributed by atoms with Crippen LogP contribution in [0.15, 0.2) is 12.1 Å². The molecule has 72 valence electrons. The molecule has 0 spiro atoms. The minimum Gasteiger partial charge on any atom is -0.496 e. The van der Waals surface area contributed by atoms with Gasteiger partial charge in [0.25, 0.3) is 11.7 Å². The third-order valence-electron chi connectivity index (χ3n) is 2.23. The van der Waals surface area contributed by atoms with Crippen LogP contribution in [0.25, 0.3) is 0 Å². The van der Waals surface area contributed by atoms with E-state index < -0.39 is 11.7 Å². The number of ketones is 1. The van der Waals surface area contributed by atoms with E-state index in [4.69, 9.17) is 4.74 Å². The second-order valence-corrected chi connectivity index (χ2v) is 3.15. The van der Waals surface area contributed by atoms with Crippen molar-refractivity contribution in [2.75, 3.05) is 12.4 Å². The second kappa shape index (κ2) is 2.83. The number of carbonyl (C=O) groups is 2. The number of methoxy groups -OCH3 is 1. The second-order valence-electron chi connectivity index (χ2n) is 3.15. The van der Waals surface area contributed by atoms with Crippen LogP contribution in [0.4, 0.5) is 5.69 Å². The number of nitrogens with one attached hydrogen (secondary N) is 1. The first-order valence-electron chi connectivity index (χ1n) is 4.18. The van der Waals surface area contributed by atoms with Crippen LogP contribution in [0.3, 0.4) is 0 Å². The standard InChI is InChI=1S/C10H9NO3/c1-5-3-7-6(4-8(5)14-2)9(12)10(13)11-7/h3-4H,1-2H3,(H,11,12,13). The lowest BCUT2D eigenvalue weighted by molar-refractivity contribution is -0.112. The summed E-state index contributed by atoms with van der Waals surface area (Å²) in [4.78, 5) is 22.3. The summed E-state index contributed by atoms with van der Waals surface area (Å²) >= 11 is 0. The van der Waals surface area contributed by atoms with Crippen molar-refractivity contribution >= 4 is 17.4 Å². The smallest absolute Gasteiger partial charge is 0.296 e. The van der Waals surface area contributed by atoms with E-state index in [1.165, 1.54) is 7.11 Å². The molecule has 0 aliphatic carbocycles. The van der Waals surface area contributed by atoms with Gasteiger partial charge in [-0.25, -0.2) is 0 Å². The molecule has 0 radical (unpaired) electrons. The van der Waals surface area contributed by atoms with Crippen LogP contribution in [0, 0.1) is 6.92 Å². The topological polar surface area (TPSA) is 55.4 Å². The molecule has 4 heteroatoms. The van der Waals surface area contributed by atoms with Gasteiger partial charge in [-0.2, -0.15) is 0 Å². The summed E-state index contributed by atoms with van der Waals surface area (Å²) in [5.41, 5.74) is 1.84. The number of rotatable bonds is 1. The molecule has 4 nitrogen and oxygen atoms in total. The molecule has 0 unspecified atom stereocenters. The van der Waals surface area contributed by atoms with Crippen LogP contribution < -0.4 is 10.1 Å². The Kier molecular flexibility index (Phi) is 1.77. The van der Waals surface area contributed by atoms with Crippen molar-refractivity contribution in [3.05, 3.63) is 23.3 Å². The molecular formula is C10H9NO3. The number of fused-ring (bicyclic) bond motifs is 1. The van der Waals surface area contributed by atoms with E-state index in [9.17, 15) is 9.59 Å². The number of aryl methyl sites for hydroxylation is 1. The van der Waals surface area contributed by atoms with E-state index in [2.05, 4.69) is 5.32 Å². The summed E-state index contributed by atoms with van der Waals surface area (Å²) in [6.45, 7) is 1.86.